The van der Waals surface area contributed by atoms with Crippen LogP contribution in [0, 0.1) is 12.8 Å². The van der Waals surface area contributed by atoms with Gasteiger partial charge in [0.2, 0.25) is 11.5 Å². The summed E-state index contributed by atoms with van der Waals surface area (Å²) in [7, 11) is 1.64. The van der Waals surface area contributed by atoms with E-state index in [1.54, 1.807) is 18.1 Å². The van der Waals surface area contributed by atoms with Crippen molar-refractivity contribution in [3.8, 4) is 22.5 Å². The number of hydrogen-bond acceptors (Lipinski definition) is 6. The molecular weight excluding hydrogens is 459 g/mol. The number of benzene rings is 1. The molecular formula is C24H26F3N7O. The molecule has 0 aromatic heterocycles. The van der Waals surface area contributed by atoms with Crippen molar-refractivity contribution in [1.29, 1.82) is 0 Å². The van der Waals surface area contributed by atoms with Crippen LogP contribution in [0.3, 0.4) is 0 Å². The zero-order chi connectivity index (χ0) is 24.9. The third kappa shape index (κ3) is 4.08. The standard InChI is InChI=1S/C24H26F3N7O/c1-13-3-4-16(33-7-5-15(24(25,26)27)10-19(33)20(28)35)11-17(13)18-9-14-12-31-23(29-2)32-21(14)34-8-6-30-22(18)34/h3-4,9,11-12,15,19,30H,5-8,10H2,1-2H3,(H2,28,35). The third-order valence-corrected chi connectivity index (χ3v) is 6.93. The quantitative estimate of drug-likeness (QED) is 0.594. The van der Waals surface area contributed by atoms with Gasteiger partial charge in [-0.05, 0) is 49.1 Å². The first-order valence-electron chi connectivity index (χ1n) is 11.5. The Morgan fingerprint density at radius 1 is 1.23 bits per heavy atom. The molecule has 5 rings (SSSR count). The molecule has 4 aliphatic rings. The second kappa shape index (κ2) is 8.54. The number of pyridine rings is 1. The number of carbonyl (C=O) groups excluding carboxylic acids is 1. The molecule has 3 N–H and O–H groups in total. The van der Waals surface area contributed by atoms with Crippen LogP contribution in [-0.2, 0) is 11.3 Å². The van der Waals surface area contributed by atoms with Gasteiger partial charge in [-0.2, -0.15) is 18.2 Å². The van der Waals surface area contributed by atoms with Gasteiger partial charge in [0.1, 0.15) is 17.7 Å². The van der Waals surface area contributed by atoms with Crippen molar-refractivity contribution in [2.24, 2.45) is 16.6 Å². The molecule has 184 valence electrons. The van der Waals surface area contributed by atoms with Crippen LogP contribution in [0.2, 0.25) is 0 Å². The smallest absolute Gasteiger partial charge is 0.369 e. The SMILES string of the molecule is CN=c1ncc2cc(-c3cc(N4CCC(C(F)(F)F)CC4C(N)=O)ccc3C)c3n(c-2n1)CCN3. The van der Waals surface area contributed by atoms with Gasteiger partial charge in [0, 0.05) is 49.7 Å². The Bertz CT molecular complexity index is 1330. The zero-order valence-corrected chi connectivity index (χ0v) is 19.4. The molecule has 2 atom stereocenters. The van der Waals surface area contributed by atoms with Gasteiger partial charge < -0.3 is 20.5 Å². The number of alkyl halides is 3. The highest BCUT2D eigenvalue weighted by Crippen LogP contribution is 2.42. The molecule has 0 bridgehead atoms. The van der Waals surface area contributed by atoms with E-state index in [9.17, 15) is 18.0 Å². The summed E-state index contributed by atoms with van der Waals surface area (Å²) < 4.78 is 42.1. The number of rotatable bonds is 3. The largest absolute Gasteiger partial charge is 0.391 e. The Kier molecular flexibility index (Phi) is 5.65. The number of amides is 1. The van der Waals surface area contributed by atoms with Crippen molar-refractivity contribution in [3.63, 3.8) is 0 Å². The van der Waals surface area contributed by atoms with Crippen LogP contribution in [0.5, 0.6) is 0 Å². The fourth-order valence-electron chi connectivity index (χ4n) is 5.09. The highest BCUT2D eigenvalue weighted by atomic mass is 19.4. The Hall–Kier alpha value is -3.63. The topological polar surface area (TPSA) is 101 Å². The lowest BCUT2D eigenvalue weighted by atomic mass is 9.89. The second-order valence-electron chi connectivity index (χ2n) is 9.03. The van der Waals surface area contributed by atoms with Crippen LogP contribution < -0.4 is 21.6 Å². The highest BCUT2D eigenvalue weighted by Gasteiger charge is 2.45. The molecule has 0 aliphatic carbocycles. The van der Waals surface area contributed by atoms with E-state index in [0.29, 0.717) is 11.3 Å². The van der Waals surface area contributed by atoms with Gasteiger partial charge in [0.05, 0.1) is 5.92 Å². The highest BCUT2D eigenvalue weighted by molar-refractivity contribution is 5.87. The summed E-state index contributed by atoms with van der Waals surface area (Å²) in [5.74, 6) is -0.605. The van der Waals surface area contributed by atoms with Crippen LogP contribution in [0.25, 0.3) is 22.5 Å². The minimum Gasteiger partial charge on any atom is -0.369 e. The Labute approximate surface area is 200 Å². The molecule has 0 radical (unpaired) electrons. The predicted molar refractivity (Wildman–Crippen MR) is 126 cm³/mol. The maximum atomic E-state index is 13.4. The van der Waals surface area contributed by atoms with Crippen molar-refractivity contribution in [3.05, 3.63) is 41.6 Å². The number of nitrogens with two attached hydrogens (primary N) is 1. The van der Waals surface area contributed by atoms with Crippen molar-refractivity contribution in [1.82, 2.24) is 14.5 Å². The Morgan fingerprint density at radius 2 is 2.03 bits per heavy atom. The third-order valence-electron chi connectivity index (χ3n) is 6.93. The van der Waals surface area contributed by atoms with Gasteiger partial charge >= 0.3 is 6.18 Å². The first kappa shape index (κ1) is 23.1. The minimum absolute atomic E-state index is 0.0819. The van der Waals surface area contributed by atoms with Gasteiger partial charge in [-0.3, -0.25) is 9.79 Å². The summed E-state index contributed by atoms with van der Waals surface area (Å²) >= 11 is 0. The first-order valence-corrected chi connectivity index (χ1v) is 11.5. The molecule has 1 fully saturated rings. The van der Waals surface area contributed by atoms with Crippen LogP contribution in [0.4, 0.5) is 24.7 Å². The minimum atomic E-state index is -4.35. The van der Waals surface area contributed by atoms with E-state index >= 15 is 0 Å². The number of aromatic nitrogens is 3. The molecule has 0 saturated carbocycles. The molecule has 35 heavy (non-hydrogen) atoms. The van der Waals surface area contributed by atoms with Crippen molar-refractivity contribution >= 4 is 17.4 Å². The van der Waals surface area contributed by atoms with Gasteiger partial charge in [-0.1, -0.05) is 6.07 Å². The average molecular weight is 486 g/mol. The number of anilines is 2. The van der Waals surface area contributed by atoms with E-state index < -0.39 is 24.0 Å². The van der Waals surface area contributed by atoms with E-state index in [-0.39, 0.29) is 19.4 Å². The van der Waals surface area contributed by atoms with E-state index in [1.807, 2.05) is 31.2 Å². The molecule has 11 heteroatoms. The fraction of sp³-hybridized carbons (Fsp3) is 0.417. The number of fused-ring (bicyclic) bond motifs is 3. The maximum absolute atomic E-state index is 13.4. The van der Waals surface area contributed by atoms with Gasteiger partial charge in [-0.25, -0.2) is 4.98 Å². The summed E-state index contributed by atoms with van der Waals surface area (Å²) in [4.78, 5) is 26.8. The van der Waals surface area contributed by atoms with E-state index in [1.165, 1.54) is 0 Å². The number of primary amides is 1. The lowest BCUT2D eigenvalue weighted by Crippen LogP contribution is -2.52. The van der Waals surface area contributed by atoms with Crippen molar-refractivity contribution in [2.75, 3.05) is 30.4 Å². The lowest BCUT2D eigenvalue weighted by Gasteiger charge is -2.40. The summed E-state index contributed by atoms with van der Waals surface area (Å²) in [6, 6.07) is 6.67. The predicted octanol–water partition coefficient (Wildman–Crippen LogP) is 2.95. The number of hydrogen-bond donors (Lipinski definition) is 2. The summed E-state index contributed by atoms with van der Waals surface area (Å²) in [5, 5.41) is 3.43. The monoisotopic (exact) mass is 485 g/mol. The number of nitrogens with zero attached hydrogens (tertiary/aromatic N) is 5. The molecule has 1 saturated heterocycles. The second-order valence-corrected chi connectivity index (χ2v) is 9.03. The molecule has 1 amide bonds. The molecule has 8 nitrogen and oxygen atoms in total. The van der Waals surface area contributed by atoms with Crippen LogP contribution in [0.1, 0.15) is 18.4 Å². The number of nitrogens with one attached hydrogen (secondary N) is 1. The van der Waals surface area contributed by atoms with Crippen LogP contribution >= 0.6 is 0 Å². The van der Waals surface area contributed by atoms with Crippen molar-refractivity contribution in [2.45, 2.75) is 38.5 Å². The summed E-state index contributed by atoms with van der Waals surface area (Å²) in [5.41, 5.74) is 10.3. The molecule has 1 aromatic rings. The maximum Gasteiger partial charge on any atom is 0.391 e. The number of halogens is 3. The summed E-state index contributed by atoms with van der Waals surface area (Å²) in [6.45, 7) is 3.54. The van der Waals surface area contributed by atoms with Crippen LogP contribution in [0.15, 0.2) is 35.5 Å². The lowest BCUT2D eigenvalue weighted by molar-refractivity contribution is -0.181. The zero-order valence-electron chi connectivity index (χ0n) is 19.4. The van der Waals surface area contributed by atoms with Gasteiger partial charge in [0.15, 0.2) is 0 Å². The average Bonchev–Trinajstić information content (AvgIpc) is 3.33. The molecule has 0 spiro atoms. The molecule has 4 heterocycles. The summed E-state index contributed by atoms with van der Waals surface area (Å²) in [6.07, 6.45) is -3.03. The van der Waals surface area contributed by atoms with Gasteiger partial charge in [-0.15, -0.1) is 0 Å². The molecule has 1 aromatic carbocycles. The van der Waals surface area contributed by atoms with Crippen molar-refractivity contribution < 1.29 is 18.0 Å². The molecule has 4 aliphatic heterocycles. The fourth-order valence-corrected chi connectivity index (χ4v) is 5.09. The normalized spacial score (nSPS) is 20.7. The molecule has 2 unspecified atom stereocenters. The Balaban J connectivity index is 1.60. The first-order chi connectivity index (χ1) is 16.7. The number of aryl methyl sites for hydroxylation is 1. The number of piperidine rings is 1. The number of carbonyl (C=O) groups is 1. The van der Waals surface area contributed by atoms with E-state index in [0.717, 1.165) is 47.0 Å². The van der Waals surface area contributed by atoms with Crippen LogP contribution in [-0.4, -0.2) is 52.8 Å². The van der Waals surface area contributed by atoms with E-state index in [2.05, 4.69) is 24.8 Å². The Morgan fingerprint density at radius 3 is 2.74 bits per heavy atom. The van der Waals surface area contributed by atoms with E-state index in [4.69, 9.17) is 5.73 Å². The van der Waals surface area contributed by atoms with Gasteiger partial charge in [0.25, 0.3) is 0 Å².